The minimum atomic E-state index is 0.597. The van der Waals surface area contributed by atoms with E-state index in [-0.39, 0.29) is 0 Å². The highest BCUT2D eigenvalue weighted by Crippen LogP contribution is 2.06. The molecule has 0 unspecified atom stereocenters. The Hall–Kier alpha value is -1.95. The second-order valence-electron chi connectivity index (χ2n) is 4.55. The van der Waals surface area contributed by atoms with Gasteiger partial charge in [-0.3, -0.25) is 4.90 Å². The van der Waals surface area contributed by atoms with Gasteiger partial charge in [0.2, 0.25) is 0 Å². The normalized spacial score (nSPS) is 11.1. The summed E-state index contributed by atoms with van der Waals surface area (Å²) in [5, 5.41) is 0. The highest BCUT2D eigenvalue weighted by Gasteiger charge is 2.08. The quantitative estimate of drug-likeness (QED) is 0.573. The lowest BCUT2D eigenvalue weighted by Crippen LogP contribution is -2.20. The van der Waals surface area contributed by atoms with Gasteiger partial charge in [-0.25, -0.2) is 9.97 Å². The molecule has 6 heteroatoms. The van der Waals surface area contributed by atoms with Gasteiger partial charge >= 0.3 is 0 Å². The molecule has 1 N–H and O–H groups in total. The van der Waals surface area contributed by atoms with Crippen LogP contribution in [0.15, 0.2) is 24.8 Å². The van der Waals surface area contributed by atoms with Crippen LogP contribution in [0.1, 0.15) is 24.5 Å². The van der Waals surface area contributed by atoms with Crippen LogP contribution in [-0.2, 0) is 24.4 Å². The third-order valence-corrected chi connectivity index (χ3v) is 2.91. The minimum absolute atomic E-state index is 0.597. The van der Waals surface area contributed by atoms with Crippen LogP contribution in [0.2, 0.25) is 0 Å². The molecule has 2 aromatic rings. The predicted octanol–water partition coefficient (Wildman–Crippen LogP) is 1.22. The van der Waals surface area contributed by atoms with Crippen molar-refractivity contribution in [1.29, 1.82) is 0 Å². The topological polar surface area (TPSA) is 66.8 Å². The standard InChI is InChI=1S/C13H19N5O/c1-17(10-12-14-4-5-15-12)11-13-16-6-8-18(13)7-2-3-9-19/h4-6,8-9H,2-3,7,10-11H2,1H3,(H,14,15). The Bertz CT molecular complexity index is 491. The smallest absolute Gasteiger partial charge is 0.122 e. The molecule has 0 fully saturated rings. The van der Waals surface area contributed by atoms with E-state index >= 15 is 0 Å². The van der Waals surface area contributed by atoms with Crippen molar-refractivity contribution in [3.63, 3.8) is 0 Å². The molecule has 2 aromatic heterocycles. The van der Waals surface area contributed by atoms with E-state index in [0.29, 0.717) is 6.42 Å². The first kappa shape index (κ1) is 13.5. The molecule has 6 nitrogen and oxygen atoms in total. The largest absolute Gasteiger partial charge is 0.348 e. The van der Waals surface area contributed by atoms with Gasteiger partial charge in [0, 0.05) is 37.8 Å². The van der Waals surface area contributed by atoms with Crippen LogP contribution in [0.3, 0.4) is 0 Å². The van der Waals surface area contributed by atoms with E-state index in [1.54, 1.807) is 12.4 Å². The van der Waals surface area contributed by atoms with Gasteiger partial charge in [0.05, 0.1) is 13.1 Å². The average molecular weight is 261 g/mol. The highest BCUT2D eigenvalue weighted by molar-refractivity contribution is 5.48. The fourth-order valence-corrected chi connectivity index (χ4v) is 1.98. The first-order valence-electron chi connectivity index (χ1n) is 6.40. The number of unbranched alkanes of at least 4 members (excludes halogenated alkanes) is 1. The predicted molar refractivity (Wildman–Crippen MR) is 71.3 cm³/mol. The van der Waals surface area contributed by atoms with Crippen molar-refractivity contribution < 1.29 is 4.79 Å². The maximum absolute atomic E-state index is 10.3. The second-order valence-corrected chi connectivity index (χ2v) is 4.55. The lowest BCUT2D eigenvalue weighted by Gasteiger charge is -2.15. The molecule has 0 bridgehead atoms. The molecular formula is C13H19N5O. The molecule has 0 aliphatic heterocycles. The van der Waals surface area contributed by atoms with Gasteiger partial charge in [0.25, 0.3) is 0 Å². The summed E-state index contributed by atoms with van der Waals surface area (Å²) < 4.78 is 2.10. The van der Waals surface area contributed by atoms with Crippen LogP contribution in [-0.4, -0.2) is 37.8 Å². The zero-order chi connectivity index (χ0) is 13.5. The molecule has 0 aliphatic rings. The molecule has 102 valence electrons. The van der Waals surface area contributed by atoms with Gasteiger partial charge in [-0.2, -0.15) is 0 Å². The fourth-order valence-electron chi connectivity index (χ4n) is 1.98. The number of nitrogens with one attached hydrogen (secondary N) is 1. The van der Waals surface area contributed by atoms with Crippen molar-refractivity contribution >= 4 is 6.29 Å². The van der Waals surface area contributed by atoms with Gasteiger partial charge in [0.1, 0.15) is 17.9 Å². The molecule has 0 radical (unpaired) electrons. The maximum Gasteiger partial charge on any atom is 0.122 e. The number of carbonyl (C=O) groups excluding carboxylic acids is 1. The number of imidazole rings is 2. The van der Waals surface area contributed by atoms with Crippen molar-refractivity contribution in [2.75, 3.05) is 7.05 Å². The second kappa shape index (κ2) is 6.84. The number of aldehydes is 1. The molecule has 0 amide bonds. The number of H-pyrrole nitrogens is 1. The van der Waals surface area contributed by atoms with Crippen LogP contribution in [0.5, 0.6) is 0 Å². The number of aryl methyl sites for hydroxylation is 1. The van der Waals surface area contributed by atoms with Gasteiger partial charge < -0.3 is 14.3 Å². The summed E-state index contributed by atoms with van der Waals surface area (Å²) in [4.78, 5) is 24.1. The summed E-state index contributed by atoms with van der Waals surface area (Å²) in [5.41, 5.74) is 0. The third-order valence-electron chi connectivity index (χ3n) is 2.91. The molecular weight excluding hydrogens is 242 g/mol. The van der Waals surface area contributed by atoms with Crippen molar-refractivity contribution in [3.8, 4) is 0 Å². The number of aromatic nitrogens is 4. The van der Waals surface area contributed by atoms with Crippen LogP contribution >= 0.6 is 0 Å². The molecule has 0 saturated heterocycles. The van der Waals surface area contributed by atoms with E-state index < -0.39 is 0 Å². The Kier molecular flexibility index (Phi) is 4.85. The number of nitrogens with zero attached hydrogens (tertiary/aromatic N) is 4. The van der Waals surface area contributed by atoms with Crippen LogP contribution in [0.25, 0.3) is 0 Å². The first-order valence-corrected chi connectivity index (χ1v) is 6.40. The number of hydrogen-bond donors (Lipinski definition) is 1. The number of rotatable bonds is 8. The molecule has 2 heterocycles. The first-order chi connectivity index (χ1) is 9.29. The molecule has 2 rings (SSSR count). The monoisotopic (exact) mass is 261 g/mol. The molecule has 0 atom stereocenters. The lowest BCUT2D eigenvalue weighted by molar-refractivity contribution is -0.107. The summed E-state index contributed by atoms with van der Waals surface area (Å²) in [7, 11) is 2.03. The van der Waals surface area contributed by atoms with Crippen LogP contribution in [0, 0.1) is 0 Å². The SMILES string of the molecule is CN(Cc1ncc[nH]1)Cc1nccn1CCCC=O. The molecule has 19 heavy (non-hydrogen) atoms. The Labute approximate surface area is 112 Å². The fraction of sp³-hybridized carbons (Fsp3) is 0.462. The summed E-state index contributed by atoms with van der Waals surface area (Å²) in [6, 6.07) is 0. The summed E-state index contributed by atoms with van der Waals surface area (Å²) in [6.45, 7) is 2.35. The van der Waals surface area contributed by atoms with E-state index in [2.05, 4.69) is 24.4 Å². The van der Waals surface area contributed by atoms with E-state index in [0.717, 1.165) is 44.0 Å². The van der Waals surface area contributed by atoms with Crippen molar-refractivity contribution in [1.82, 2.24) is 24.4 Å². The van der Waals surface area contributed by atoms with Crippen molar-refractivity contribution in [2.24, 2.45) is 0 Å². The lowest BCUT2D eigenvalue weighted by atomic mass is 10.3. The third kappa shape index (κ3) is 4.03. The number of aromatic amines is 1. The highest BCUT2D eigenvalue weighted by atomic mass is 16.1. The van der Waals surface area contributed by atoms with Crippen LogP contribution in [0.4, 0.5) is 0 Å². The molecule has 0 aliphatic carbocycles. The van der Waals surface area contributed by atoms with Gasteiger partial charge in [0.15, 0.2) is 0 Å². The van der Waals surface area contributed by atoms with E-state index in [1.807, 2.05) is 19.4 Å². The molecule has 0 spiro atoms. The minimum Gasteiger partial charge on any atom is -0.348 e. The van der Waals surface area contributed by atoms with Crippen molar-refractivity contribution in [3.05, 3.63) is 36.4 Å². The van der Waals surface area contributed by atoms with E-state index in [4.69, 9.17) is 0 Å². The summed E-state index contributed by atoms with van der Waals surface area (Å²) >= 11 is 0. The molecule has 0 aromatic carbocycles. The Balaban J connectivity index is 1.87. The van der Waals surface area contributed by atoms with Gasteiger partial charge in [-0.15, -0.1) is 0 Å². The van der Waals surface area contributed by atoms with E-state index in [1.165, 1.54) is 0 Å². The Morgan fingerprint density at radius 2 is 2.26 bits per heavy atom. The number of hydrogen-bond acceptors (Lipinski definition) is 4. The summed E-state index contributed by atoms with van der Waals surface area (Å²) in [5.74, 6) is 1.96. The molecule has 0 saturated carbocycles. The summed E-state index contributed by atoms with van der Waals surface area (Å²) in [6.07, 6.45) is 9.75. The number of carbonyl (C=O) groups is 1. The Morgan fingerprint density at radius 1 is 1.37 bits per heavy atom. The van der Waals surface area contributed by atoms with Gasteiger partial charge in [-0.1, -0.05) is 0 Å². The van der Waals surface area contributed by atoms with Gasteiger partial charge in [-0.05, 0) is 13.5 Å². The zero-order valence-corrected chi connectivity index (χ0v) is 11.1. The maximum atomic E-state index is 10.3. The van der Waals surface area contributed by atoms with Crippen LogP contribution < -0.4 is 0 Å². The van der Waals surface area contributed by atoms with Crippen molar-refractivity contribution in [2.45, 2.75) is 32.5 Å². The zero-order valence-electron chi connectivity index (χ0n) is 11.1. The average Bonchev–Trinajstić information content (AvgIpc) is 3.02. The Morgan fingerprint density at radius 3 is 3.00 bits per heavy atom. The van der Waals surface area contributed by atoms with E-state index in [9.17, 15) is 4.79 Å².